The first-order valence-electron chi connectivity index (χ1n) is 2.71. The molecule has 3 heteroatoms. The molecule has 48 valence electrons. The van der Waals surface area contributed by atoms with Crippen molar-refractivity contribution in [1.82, 2.24) is 0 Å². The van der Waals surface area contributed by atoms with Gasteiger partial charge in [-0.05, 0) is 0 Å². The van der Waals surface area contributed by atoms with Gasteiger partial charge in [-0.3, -0.25) is 0 Å². The number of ether oxygens (including phenoxy) is 1. The maximum atomic E-state index is 8.54. The SMILES string of the molecule is C[C@H]1CO[C@@H](CO)S1. The van der Waals surface area contributed by atoms with Crippen LogP contribution in [0.1, 0.15) is 6.92 Å². The first kappa shape index (κ1) is 6.39. The molecule has 0 aromatic rings. The van der Waals surface area contributed by atoms with Gasteiger partial charge in [0.05, 0.1) is 13.2 Å². The summed E-state index contributed by atoms with van der Waals surface area (Å²) < 4.78 is 5.13. The molecule has 0 aromatic carbocycles. The van der Waals surface area contributed by atoms with Crippen LogP contribution in [0.5, 0.6) is 0 Å². The van der Waals surface area contributed by atoms with Gasteiger partial charge in [0.1, 0.15) is 5.44 Å². The summed E-state index contributed by atoms with van der Waals surface area (Å²) in [4.78, 5) is 0. The van der Waals surface area contributed by atoms with Crippen molar-refractivity contribution in [3.63, 3.8) is 0 Å². The van der Waals surface area contributed by atoms with Crippen LogP contribution in [0.3, 0.4) is 0 Å². The van der Waals surface area contributed by atoms with Crippen LogP contribution >= 0.6 is 11.8 Å². The standard InChI is InChI=1S/C5H10O2S/c1-4-3-7-5(2-6)8-4/h4-6H,2-3H2,1H3/t4-,5+/m0/s1. The molecule has 1 fully saturated rings. The van der Waals surface area contributed by atoms with Crippen molar-refractivity contribution in [2.75, 3.05) is 13.2 Å². The van der Waals surface area contributed by atoms with E-state index >= 15 is 0 Å². The number of aliphatic hydroxyl groups is 1. The lowest BCUT2D eigenvalue weighted by Crippen LogP contribution is -2.05. The average Bonchev–Trinajstić information content (AvgIpc) is 2.14. The van der Waals surface area contributed by atoms with E-state index in [0.29, 0.717) is 5.25 Å². The molecule has 0 unspecified atom stereocenters. The third-order valence-electron chi connectivity index (χ3n) is 1.05. The Morgan fingerprint density at radius 2 is 2.62 bits per heavy atom. The largest absolute Gasteiger partial charge is 0.393 e. The lowest BCUT2D eigenvalue weighted by Gasteiger charge is -2.00. The van der Waals surface area contributed by atoms with Crippen LogP contribution in [-0.2, 0) is 4.74 Å². The molecule has 1 heterocycles. The van der Waals surface area contributed by atoms with Crippen molar-refractivity contribution in [2.24, 2.45) is 0 Å². The fourth-order valence-electron chi connectivity index (χ4n) is 0.676. The van der Waals surface area contributed by atoms with Crippen molar-refractivity contribution < 1.29 is 9.84 Å². The van der Waals surface area contributed by atoms with Crippen LogP contribution in [0.25, 0.3) is 0 Å². The number of thioether (sulfide) groups is 1. The summed E-state index contributed by atoms with van der Waals surface area (Å²) in [5.41, 5.74) is 0.0463. The normalized spacial score (nSPS) is 38.2. The Morgan fingerprint density at radius 3 is 2.88 bits per heavy atom. The van der Waals surface area contributed by atoms with E-state index in [9.17, 15) is 0 Å². The summed E-state index contributed by atoms with van der Waals surface area (Å²) >= 11 is 1.69. The lowest BCUT2D eigenvalue weighted by molar-refractivity contribution is 0.0867. The molecule has 0 spiro atoms. The van der Waals surface area contributed by atoms with Crippen LogP contribution in [0.15, 0.2) is 0 Å². The third-order valence-corrected chi connectivity index (χ3v) is 2.24. The predicted molar refractivity (Wildman–Crippen MR) is 33.9 cm³/mol. The highest BCUT2D eigenvalue weighted by Gasteiger charge is 2.20. The van der Waals surface area contributed by atoms with Gasteiger partial charge in [-0.15, -0.1) is 11.8 Å². The smallest absolute Gasteiger partial charge is 0.126 e. The molecule has 1 rings (SSSR count). The molecule has 8 heavy (non-hydrogen) atoms. The van der Waals surface area contributed by atoms with Gasteiger partial charge in [0.2, 0.25) is 0 Å². The van der Waals surface area contributed by atoms with Crippen LogP contribution in [-0.4, -0.2) is 29.0 Å². The van der Waals surface area contributed by atoms with Crippen molar-refractivity contribution in [2.45, 2.75) is 17.6 Å². The number of aliphatic hydroxyl groups excluding tert-OH is 1. The first-order valence-corrected chi connectivity index (χ1v) is 3.65. The molecule has 1 aliphatic heterocycles. The predicted octanol–water partition coefficient (Wildman–Crippen LogP) is 0.457. The van der Waals surface area contributed by atoms with Gasteiger partial charge in [0, 0.05) is 5.25 Å². The van der Waals surface area contributed by atoms with E-state index in [1.54, 1.807) is 11.8 Å². The fraction of sp³-hybridized carbons (Fsp3) is 1.00. The van der Waals surface area contributed by atoms with E-state index < -0.39 is 0 Å². The zero-order chi connectivity index (χ0) is 5.98. The minimum absolute atomic E-state index is 0.0463. The highest BCUT2D eigenvalue weighted by molar-refractivity contribution is 8.00. The Labute approximate surface area is 53.2 Å². The second-order valence-electron chi connectivity index (χ2n) is 1.89. The maximum absolute atomic E-state index is 8.54. The van der Waals surface area contributed by atoms with Gasteiger partial charge in [0.25, 0.3) is 0 Å². The van der Waals surface area contributed by atoms with Crippen LogP contribution < -0.4 is 0 Å². The van der Waals surface area contributed by atoms with Crippen LogP contribution in [0.2, 0.25) is 0 Å². The monoisotopic (exact) mass is 134 g/mol. The Bertz CT molecular complexity index is 76.8. The Hall–Kier alpha value is 0.270. The first-order chi connectivity index (χ1) is 3.83. The molecular formula is C5H10O2S. The summed E-state index contributed by atoms with van der Waals surface area (Å²) in [6.07, 6.45) is 0. The minimum Gasteiger partial charge on any atom is -0.393 e. The summed E-state index contributed by atoms with van der Waals surface area (Å²) in [7, 11) is 0. The van der Waals surface area contributed by atoms with Gasteiger partial charge >= 0.3 is 0 Å². The van der Waals surface area contributed by atoms with E-state index in [4.69, 9.17) is 9.84 Å². The van der Waals surface area contributed by atoms with Crippen molar-refractivity contribution in [3.05, 3.63) is 0 Å². The quantitative estimate of drug-likeness (QED) is 0.565. The topological polar surface area (TPSA) is 29.5 Å². The molecular weight excluding hydrogens is 124 g/mol. The molecule has 0 aromatic heterocycles. The van der Waals surface area contributed by atoms with Gasteiger partial charge in [-0.1, -0.05) is 6.92 Å². The van der Waals surface area contributed by atoms with E-state index in [2.05, 4.69) is 6.92 Å². The highest BCUT2D eigenvalue weighted by atomic mass is 32.2. The Kier molecular flexibility index (Phi) is 2.16. The molecule has 1 aliphatic rings. The highest BCUT2D eigenvalue weighted by Crippen LogP contribution is 2.25. The summed E-state index contributed by atoms with van der Waals surface area (Å²) in [6.45, 7) is 3.03. The van der Waals surface area contributed by atoms with E-state index in [-0.39, 0.29) is 12.0 Å². The van der Waals surface area contributed by atoms with Crippen molar-refractivity contribution in [3.8, 4) is 0 Å². The molecule has 0 saturated carbocycles. The fourth-order valence-corrected chi connectivity index (χ4v) is 1.59. The molecule has 1 N–H and O–H groups in total. The molecule has 0 bridgehead atoms. The van der Waals surface area contributed by atoms with E-state index in [1.165, 1.54) is 0 Å². The molecule has 2 nitrogen and oxygen atoms in total. The molecule has 0 aliphatic carbocycles. The second kappa shape index (κ2) is 2.71. The Morgan fingerprint density at radius 1 is 1.88 bits per heavy atom. The van der Waals surface area contributed by atoms with E-state index in [0.717, 1.165) is 6.61 Å². The van der Waals surface area contributed by atoms with Gasteiger partial charge in [-0.25, -0.2) is 0 Å². The average molecular weight is 134 g/mol. The van der Waals surface area contributed by atoms with E-state index in [1.807, 2.05) is 0 Å². The second-order valence-corrected chi connectivity index (χ2v) is 3.49. The van der Waals surface area contributed by atoms with Crippen molar-refractivity contribution >= 4 is 11.8 Å². The van der Waals surface area contributed by atoms with Crippen molar-refractivity contribution in [1.29, 1.82) is 0 Å². The van der Waals surface area contributed by atoms with Gasteiger partial charge in [0.15, 0.2) is 0 Å². The summed E-state index contributed by atoms with van der Waals surface area (Å²) in [5.74, 6) is 0. The summed E-state index contributed by atoms with van der Waals surface area (Å²) in [5, 5.41) is 9.10. The van der Waals surface area contributed by atoms with Crippen LogP contribution in [0.4, 0.5) is 0 Å². The number of rotatable bonds is 1. The molecule has 0 radical (unpaired) electrons. The van der Waals surface area contributed by atoms with Gasteiger partial charge < -0.3 is 9.84 Å². The maximum Gasteiger partial charge on any atom is 0.126 e. The molecule has 0 amide bonds. The van der Waals surface area contributed by atoms with Crippen LogP contribution in [0, 0.1) is 0 Å². The third kappa shape index (κ3) is 1.37. The zero-order valence-electron chi connectivity index (χ0n) is 4.83. The van der Waals surface area contributed by atoms with Gasteiger partial charge in [-0.2, -0.15) is 0 Å². The zero-order valence-corrected chi connectivity index (χ0v) is 5.65. The summed E-state index contributed by atoms with van der Waals surface area (Å²) in [6, 6.07) is 0. The molecule has 1 saturated heterocycles. The minimum atomic E-state index is 0.0463. The number of hydrogen-bond acceptors (Lipinski definition) is 3. The lowest BCUT2D eigenvalue weighted by atomic mass is 10.5. The number of hydrogen-bond donors (Lipinski definition) is 1. The molecule has 2 atom stereocenters. The Balaban J connectivity index is 2.22.